The van der Waals surface area contributed by atoms with Crippen molar-refractivity contribution in [3.8, 4) is 6.07 Å². The first-order valence-electron chi connectivity index (χ1n) is 6.58. The fraction of sp³-hybridized carbons (Fsp3) is 0.429. The number of rotatable bonds is 4. The molecule has 1 aliphatic rings. The molecule has 0 N–H and O–H groups in total. The van der Waals surface area contributed by atoms with Gasteiger partial charge in [0.1, 0.15) is 5.52 Å². The Labute approximate surface area is 116 Å². The highest BCUT2D eigenvalue weighted by Crippen LogP contribution is 2.46. The van der Waals surface area contributed by atoms with Gasteiger partial charge < -0.3 is 9.30 Å². The van der Waals surface area contributed by atoms with Crippen LogP contribution in [0.25, 0.3) is 11.2 Å². The zero-order valence-electron chi connectivity index (χ0n) is 11.2. The number of carbonyl (C=O) groups is 1. The van der Waals surface area contributed by atoms with E-state index in [1.165, 1.54) is 0 Å². The molecular formula is C14H14N4O2. The zero-order valence-corrected chi connectivity index (χ0v) is 11.2. The van der Waals surface area contributed by atoms with E-state index in [4.69, 9.17) is 10.00 Å². The van der Waals surface area contributed by atoms with E-state index in [1.807, 2.05) is 4.57 Å². The van der Waals surface area contributed by atoms with E-state index in [1.54, 1.807) is 25.4 Å². The van der Waals surface area contributed by atoms with Gasteiger partial charge in [0, 0.05) is 6.54 Å². The first-order chi connectivity index (χ1) is 9.67. The van der Waals surface area contributed by atoms with E-state index < -0.39 is 5.97 Å². The summed E-state index contributed by atoms with van der Waals surface area (Å²) in [7, 11) is 0. The molecule has 6 nitrogen and oxygen atoms in total. The van der Waals surface area contributed by atoms with E-state index in [2.05, 4.69) is 16.0 Å². The molecule has 2 heterocycles. The molecule has 0 saturated heterocycles. The largest absolute Gasteiger partial charge is 0.461 e. The van der Waals surface area contributed by atoms with Crippen LogP contribution in [0.3, 0.4) is 0 Å². The van der Waals surface area contributed by atoms with Crippen LogP contribution in [0, 0.1) is 16.7 Å². The summed E-state index contributed by atoms with van der Waals surface area (Å²) in [5.74, 6) is -0.441. The van der Waals surface area contributed by atoms with Crippen molar-refractivity contribution >= 4 is 17.1 Å². The molecule has 0 atom stereocenters. The van der Waals surface area contributed by atoms with E-state index in [0.717, 1.165) is 12.8 Å². The molecule has 2 aromatic heterocycles. The van der Waals surface area contributed by atoms with Gasteiger partial charge in [-0.2, -0.15) is 5.26 Å². The van der Waals surface area contributed by atoms with Gasteiger partial charge in [0.15, 0.2) is 11.3 Å². The first-order valence-corrected chi connectivity index (χ1v) is 6.58. The second-order valence-corrected chi connectivity index (χ2v) is 5.02. The predicted octanol–water partition coefficient (Wildman–Crippen LogP) is 1.91. The minimum Gasteiger partial charge on any atom is -0.461 e. The van der Waals surface area contributed by atoms with Crippen molar-refractivity contribution in [2.45, 2.75) is 26.3 Å². The first kappa shape index (κ1) is 12.6. The summed E-state index contributed by atoms with van der Waals surface area (Å²) in [5.41, 5.74) is 1.32. The standard InChI is InChI=1S/C14H14N4O2/c1-2-20-13(19)11-4-3-10-12(17-11)18(9-16-10)8-14(7-15)5-6-14/h3-4,9H,2,5-6,8H2,1H3. The van der Waals surface area contributed by atoms with Crippen LogP contribution in [0.2, 0.25) is 0 Å². The third-order valence-corrected chi connectivity index (χ3v) is 3.51. The Kier molecular flexibility index (Phi) is 2.90. The van der Waals surface area contributed by atoms with Crippen LogP contribution in [-0.4, -0.2) is 27.1 Å². The number of nitrogens with zero attached hydrogens (tertiary/aromatic N) is 4. The molecule has 102 valence electrons. The van der Waals surface area contributed by atoms with E-state index in [0.29, 0.717) is 24.3 Å². The second-order valence-electron chi connectivity index (χ2n) is 5.02. The minimum absolute atomic E-state index is 0.267. The van der Waals surface area contributed by atoms with Gasteiger partial charge >= 0.3 is 5.97 Å². The molecule has 20 heavy (non-hydrogen) atoms. The number of nitriles is 1. The molecular weight excluding hydrogens is 256 g/mol. The van der Waals surface area contributed by atoms with Crippen LogP contribution in [0.1, 0.15) is 30.3 Å². The molecule has 3 rings (SSSR count). The molecule has 0 radical (unpaired) electrons. The maximum Gasteiger partial charge on any atom is 0.357 e. The lowest BCUT2D eigenvalue weighted by Gasteiger charge is -2.07. The quantitative estimate of drug-likeness (QED) is 0.793. The summed E-state index contributed by atoms with van der Waals surface area (Å²) < 4.78 is 6.79. The Balaban J connectivity index is 1.96. The third kappa shape index (κ3) is 2.11. The van der Waals surface area contributed by atoms with Gasteiger partial charge in [-0.05, 0) is 31.9 Å². The van der Waals surface area contributed by atoms with Gasteiger partial charge in [-0.25, -0.2) is 14.8 Å². The Morgan fingerprint density at radius 3 is 3.00 bits per heavy atom. The van der Waals surface area contributed by atoms with Gasteiger partial charge in [0.05, 0.1) is 24.4 Å². The van der Waals surface area contributed by atoms with Gasteiger partial charge in [-0.1, -0.05) is 0 Å². The molecule has 0 spiro atoms. The van der Waals surface area contributed by atoms with Crippen molar-refractivity contribution < 1.29 is 9.53 Å². The van der Waals surface area contributed by atoms with Crippen LogP contribution in [-0.2, 0) is 11.3 Å². The van der Waals surface area contributed by atoms with Crippen molar-refractivity contribution in [1.82, 2.24) is 14.5 Å². The van der Waals surface area contributed by atoms with Gasteiger partial charge in [0.2, 0.25) is 0 Å². The molecule has 0 bridgehead atoms. The number of pyridine rings is 1. The number of aromatic nitrogens is 3. The normalized spacial score (nSPS) is 15.8. The molecule has 2 aromatic rings. The maximum atomic E-state index is 11.7. The van der Waals surface area contributed by atoms with Crippen LogP contribution in [0.15, 0.2) is 18.5 Å². The van der Waals surface area contributed by atoms with Crippen molar-refractivity contribution in [3.05, 3.63) is 24.2 Å². The SMILES string of the molecule is CCOC(=O)c1ccc2ncn(CC3(C#N)CC3)c2n1. The van der Waals surface area contributed by atoms with Crippen molar-refractivity contribution in [3.63, 3.8) is 0 Å². The van der Waals surface area contributed by atoms with Crippen LogP contribution < -0.4 is 0 Å². The van der Waals surface area contributed by atoms with Crippen LogP contribution in [0.4, 0.5) is 0 Å². The number of ether oxygens (including phenoxy) is 1. The third-order valence-electron chi connectivity index (χ3n) is 3.51. The molecule has 1 aliphatic carbocycles. The summed E-state index contributed by atoms with van der Waals surface area (Å²) in [6.45, 7) is 2.64. The fourth-order valence-corrected chi connectivity index (χ4v) is 2.16. The molecule has 0 aromatic carbocycles. The number of fused-ring (bicyclic) bond motifs is 1. The highest BCUT2D eigenvalue weighted by atomic mass is 16.5. The second kappa shape index (κ2) is 4.60. The molecule has 0 amide bonds. The summed E-state index contributed by atoms with van der Waals surface area (Å²) >= 11 is 0. The van der Waals surface area contributed by atoms with E-state index >= 15 is 0 Å². The zero-order chi connectivity index (χ0) is 14.2. The van der Waals surface area contributed by atoms with Crippen LogP contribution in [0.5, 0.6) is 0 Å². The van der Waals surface area contributed by atoms with Crippen LogP contribution >= 0.6 is 0 Å². The fourth-order valence-electron chi connectivity index (χ4n) is 2.16. The van der Waals surface area contributed by atoms with E-state index in [9.17, 15) is 4.79 Å². The summed E-state index contributed by atoms with van der Waals surface area (Å²) in [5, 5.41) is 9.16. The van der Waals surface area contributed by atoms with E-state index in [-0.39, 0.29) is 11.1 Å². The highest BCUT2D eigenvalue weighted by Gasteiger charge is 2.43. The number of esters is 1. The Hall–Kier alpha value is -2.42. The topological polar surface area (TPSA) is 80.8 Å². The van der Waals surface area contributed by atoms with Crippen molar-refractivity contribution in [1.29, 1.82) is 5.26 Å². The monoisotopic (exact) mass is 270 g/mol. The summed E-state index contributed by atoms with van der Waals surface area (Å²) in [6, 6.07) is 5.70. The van der Waals surface area contributed by atoms with Gasteiger partial charge in [-0.15, -0.1) is 0 Å². The number of hydrogen-bond acceptors (Lipinski definition) is 5. The van der Waals surface area contributed by atoms with Crippen molar-refractivity contribution in [2.75, 3.05) is 6.61 Å². The van der Waals surface area contributed by atoms with Crippen molar-refractivity contribution in [2.24, 2.45) is 5.41 Å². The predicted molar refractivity (Wildman–Crippen MR) is 70.8 cm³/mol. The lowest BCUT2D eigenvalue weighted by molar-refractivity contribution is 0.0520. The number of hydrogen-bond donors (Lipinski definition) is 0. The number of imidazole rings is 1. The smallest absolute Gasteiger partial charge is 0.357 e. The Morgan fingerprint density at radius 1 is 1.55 bits per heavy atom. The summed E-state index contributed by atoms with van der Waals surface area (Å²) in [4.78, 5) is 20.3. The molecule has 1 fully saturated rings. The Morgan fingerprint density at radius 2 is 2.35 bits per heavy atom. The maximum absolute atomic E-state index is 11.7. The lowest BCUT2D eigenvalue weighted by atomic mass is 10.1. The molecule has 6 heteroatoms. The molecule has 0 unspecified atom stereocenters. The average molecular weight is 270 g/mol. The Bertz CT molecular complexity index is 710. The highest BCUT2D eigenvalue weighted by molar-refractivity contribution is 5.89. The van der Waals surface area contributed by atoms with Gasteiger partial charge in [0.25, 0.3) is 0 Å². The number of carbonyl (C=O) groups excluding carboxylic acids is 1. The van der Waals surface area contributed by atoms with Gasteiger partial charge in [-0.3, -0.25) is 0 Å². The summed E-state index contributed by atoms with van der Waals surface area (Å²) in [6.07, 6.45) is 3.48. The molecule has 0 aliphatic heterocycles. The minimum atomic E-state index is -0.441. The average Bonchev–Trinajstić information content (AvgIpc) is 3.13. The lowest BCUT2D eigenvalue weighted by Crippen LogP contribution is -2.11. The molecule has 1 saturated carbocycles.